The number of aromatic nitrogens is 2. The molecule has 1 fully saturated rings. The van der Waals surface area contributed by atoms with Gasteiger partial charge in [-0.2, -0.15) is 5.10 Å². The van der Waals surface area contributed by atoms with E-state index in [-0.39, 0.29) is 6.09 Å². The van der Waals surface area contributed by atoms with E-state index in [1.165, 1.54) is 0 Å². The molecule has 1 saturated heterocycles. The van der Waals surface area contributed by atoms with E-state index < -0.39 is 11.1 Å². The smallest absolute Gasteiger partial charge is 0.410 e. The highest BCUT2D eigenvalue weighted by atomic mass is 16.6. The Morgan fingerprint density at radius 3 is 2.39 bits per heavy atom. The van der Waals surface area contributed by atoms with Crippen LogP contribution in [0.4, 0.5) is 4.79 Å². The van der Waals surface area contributed by atoms with Gasteiger partial charge in [0.25, 0.3) is 0 Å². The molecule has 23 heavy (non-hydrogen) atoms. The number of nitrogens with zero attached hydrogens (tertiary/aromatic N) is 3. The van der Waals surface area contributed by atoms with Gasteiger partial charge in [-0.1, -0.05) is 13.8 Å². The molecule has 2 N–H and O–H groups in total. The molecule has 1 aliphatic rings. The van der Waals surface area contributed by atoms with Crippen molar-refractivity contribution < 1.29 is 9.53 Å². The molecular formula is C17H30N4O2. The minimum Gasteiger partial charge on any atom is -0.444 e. The zero-order chi connectivity index (χ0) is 17.4. The van der Waals surface area contributed by atoms with Crippen molar-refractivity contribution in [2.75, 3.05) is 13.1 Å². The van der Waals surface area contributed by atoms with Crippen LogP contribution in [0.2, 0.25) is 0 Å². The summed E-state index contributed by atoms with van der Waals surface area (Å²) in [7, 11) is 1.93. The average molecular weight is 322 g/mol. The van der Waals surface area contributed by atoms with Gasteiger partial charge in [-0.25, -0.2) is 4.79 Å². The van der Waals surface area contributed by atoms with Gasteiger partial charge in [0.1, 0.15) is 5.60 Å². The molecule has 0 bridgehead atoms. The number of rotatable bonds is 2. The number of nitrogens with two attached hydrogens (primary N) is 1. The van der Waals surface area contributed by atoms with Crippen molar-refractivity contribution in [3.8, 4) is 0 Å². The maximum atomic E-state index is 12.2. The Balaban J connectivity index is 2.10. The standard InChI is InChI=1S/C17H30N4O2/c1-12(2)14-13(11-20(6)19-14)17(18)7-9-21(10-8-17)15(22)23-16(3,4)5/h11-12H,7-10,18H2,1-6H3. The molecule has 2 rings (SSSR count). The van der Waals surface area contributed by atoms with Crippen LogP contribution in [-0.2, 0) is 17.3 Å². The number of hydrogen-bond acceptors (Lipinski definition) is 4. The van der Waals surface area contributed by atoms with Crippen LogP contribution in [0.15, 0.2) is 6.20 Å². The second kappa shape index (κ2) is 6.15. The lowest BCUT2D eigenvalue weighted by atomic mass is 9.80. The third-order valence-electron chi connectivity index (χ3n) is 4.25. The van der Waals surface area contributed by atoms with Crippen molar-refractivity contribution in [3.05, 3.63) is 17.5 Å². The monoisotopic (exact) mass is 322 g/mol. The van der Waals surface area contributed by atoms with Crippen LogP contribution >= 0.6 is 0 Å². The summed E-state index contributed by atoms with van der Waals surface area (Å²) in [5.74, 6) is 0.329. The van der Waals surface area contributed by atoms with Crippen LogP contribution in [0.3, 0.4) is 0 Å². The van der Waals surface area contributed by atoms with Gasteiger partial charge in [0.05, 0.1) is 5.69 Å². The Morgan fingerprint density at radius 1 is 1.35 bits per heavy atom. The highest BCUT2D eigenvalue weighted by Crippen LogP contribution is 2.35. The molecule has 0 saturated carbocycles. The zero-order valence-corrected chi connectivity index (χ0v) is 15.2. The fraction of sp³-hybridized carbons (Fsp3) is 0.765. The first-order valence-corrected chi connectivity index (χ1v) is 8.33. The Labute approximate surface area is 139 Å². The molecule has 0 atom stereocenters. The minimum atomic E-state index is -0.470. The molecule has 2 heterocycles. The lowest BCUT2D eigenvalue weighted by molar-refractivity contribution is 0.0166. The van der Waals surface area contributed by atoms with E-state index in [4.69, 9.17) is 10.5 Å². The maximum Gasteiger partial charge on any atom is 0.410 e. The summed E-state index contributed by atoms with van der Waals surface area (Å²) < 4.78 is 7.28. The molecular weight excluding hydrogens is 292 g/mol. The SMILES string of the molecule is CC(C)c1nn(C)cc1C1(N)CCN(C(=O)OC(C)(C)C)CC1. The second-order valence-corrected chi connectivity index (χ2v) is 7.88. The van der Waals surface area contributed by atoms with Crippen molar-refractivity contribution >= 4 is 6.09 Å². The van der Waals surface area contributed by atoms with E-state index in [0.29, 0.717) is 19.0 Å². The number of carbonyl (C=O) groups is 1. The Kier molecular flexibility index (Phi) is 4.76. The zero-order valence-electron chi connectivity index (χ0n) is 15.2. The van der Waals surface area contributed by atoms with Gasteiger partial charge in [0, 0.05) is 37.4 Å². The third-order valence-corrected chi connectivity index (χ3v) is 4.25. The minimum absolute atomic E-state index is 0.255. The maximum absolute atomic E-state index is 12.2. The van der Waals surface area contributed by atoms with Crippen LogP contribution in [0.5, 0.6) is 0 Å². The molecule has 1 amide bonds. The fourth-order valence-corrected chi connectivity index (χ4v) is 3.00. The van der Waals surface area contributed by atoms with Gasteiger partial charge < -0.3 is 15.4 Å². The van der Waals surface area contributed by atoms with E-state index in [0.717, 1.165) is 24.1 Å². The van der Waals surface area contributed by atoms with Gasteiger partial charge in [-0.05, 0) is 39.5 Å². The van der Waals surface area contributed by atoms with Crippen molar-refractivity contribution in [1.29, 1.82) is 0 Å². The van der Waals surface area contributed by atoms with Crippen molar-refractivity contribution in [3.63, 3.8) is 0 Å². The fourth-order valence-electron chi connectivity index (χ4n) is 3.00. The summed E-state index contributed by atoms with van der Waals surface area (Å²) in [5.41, 5.74) is 7.96. The Hall–Kier alpha value is -1.56. The number of hydrogen-bond donors (Lipinski definition) is 1. The number of amides is 1. The summed E-state index contributed by atoms with van der Waals surface area (Å²) in [6.45, 7) is 11.1. The van der Waals surface area contributed by atoms with Crippen LogP contribution in [0.1, 0.15) is 64.6 Å². The summed E-state index contributed by atoms with van der Waals surface area (Å²) in [5, 5.41) is 4.56. The van der Waals surface area contributed by atoms with Crippen molar-refractivity contribution in [2.24, 2.45) is 12.8 Å². The topological polar surface area (TPSA) is 73.4 Å². The summed E-state index contributed by atoms with van der Waals surface area (Å²) >= 11 is 0. The van der Waals surface area contributed by atoms with Crippen LogP contribution in [0, 0.1) is 0 Å². The van der Waals surface area contributed by atoms with Crippen molar-refractivity contribution in [2.45, 2.75) is 64.5 Å². The predicted molar refractivity (Wildman–Crippen MR) is 90.2 cm³/mol. The Bertz CT molecular complexity index is 564. The largest absolute Gasteiger partial charge is 0.444 e. The molecule has 0 spiro atoms. The third kappa shape index (κ3) is 4.05. The highest BCUT2D eigenvalue weighted by molar-refractivity contribution is 5.68. The number of ether oxygens (including phenoxy) is 1. The number of likely N-dealkylation sites (tertiary alicyclic amines) is 1. The molecule has 0 aromatic carbocycles. The molecule has 0 aliphatic carbocycles. The Morgan fingerprint density at radius 2 is 1.91 bits per heavy atom. The van der Waals surface area contributed by atoms with Crippen LogP contribution < -0.4 is 5.73 Å². The van der Waals surface area contributed by atoms with Crippen LogP contribution in [0.25, 0.3) is 0 Å². The summed E-state index contributed by atoms with van der Waals surface area (Å²) in [6, 6.07) is 0. The van der Waals surface area contributed by atoms with Gasteiger partial charge in [0.15, 0.2) is 0 Å². The highest BCUT2D eigenvalue weighted by Gasteiger charge is 2.38. The van der Waals surface area contributed by atoms with Gasteiger partial charge >= 0.3 is 6.09 Å². The average Bonchev–Trinajstić information content (AvgIpc) is 2.80. The van der Waals surface area contributed by atoms with Crippen LogP contribution in [-0.4, -0.2) is 39.5 Å². The van der Waals surface area contributed by atoms with Crippen molar-refractivity contribution in [1.82, 2.24) is 14.7 Å². The van der Waals surface area contributed by atoms with E-state index in [1.54, 1.807) is 4.90 Å². The number of piperidine rings is 1. The number of carbonyl (C=O) groups excluding carboxylic acids is 1. The van der Waals surface area contributed by atoms with Gasteiger partial charge in [-0.3, -0.25) is 4.68 Å². The molecule has 1 aliphatic heterocycles. The summed E-state index contributed by atoms with van der Waals surface area (Å²) in [4.78, 5) is 13.9. The lowest BCUT2D eigenvalue weighted by Crippen LogP contribution is -2.51. The molecule has 1 aromatic heterocycles. The van der Waals surface area contributed by atoms with E-state index >= 15 is 0 Å². The molecule has 1 aromatic rings. The molecule has 6 heteroatoms. The number of aryl methyl sites for hydroxylation is 1. The van der Waals surface area contributed by atoms with E-state index in [2.05, 4.69) is 18.9 Å². The molecule has 6 nitrogen and oxygen atoms in total. The first-order valence-electron chi connectivity index (χ1n) is 8.33. The predicted octanol–water partition coefficient (Wildman–Crippen LogP) is 2.73. The van der Waals surface area contributed by atoms with E-state index in [9.17, 15) is 4.79 Å². The molecule has 130 valence electrons. The quantitative estimate of drug-likeness (QED) is 0.908. The van der Waals surface area contributed by atoms with E-state index in [1.807, 2.05) is 38.7 Å². The van der Waals surface area contributed by atoms with Gasteiger partial charge in [0.2, 0.25) is 0 Å². The lowest BCUT2D eigenvalue weighted by Gasteiger charge is -2.39. The molecule has 0 unspecified atom stereocenters. The second-order valence-electron chi connectivity index (χ2n) is 7.88. The first kappa shape index (κ1) is 17.8. The molecule has 0 radical (unpaired) electrons. The summed E-state index contributed by atoms with van der Waals surface area (Å²) in [6.07, 6.45) is 3.21. The normalized spacial score (nSPS) is 18.3. The van der Waals surface area contributed by atoms with Gasteiger partial charge in [-0.15, -0.1) is 0 Å². The first-order chi connectivity index (χ1) is 10.5.